The molecule has 5 heteroatoms. The lowest BCUT2D eigenvalue weighted by Crippen LogP contribution is -2.28. The monoisotopic (exact) mass is 293 g/mol. The van der Waals surface area contributed by atoms with Gasteiger partial charge in [-0.15, -0.1) is 6.42 Å². The molecule has 0 heterocycles. The standard InChI is InChI=1S/C16H17F2NO2/c1-2-7-21-15-13(17)8-12(9-14(15)18)16(20)19-10-11-5-3-4-6-11/h1,8-9,11H,3-7,10H2,(H,19,20). The summed E-state index contributed by atoms with van der Waals surface area (Å²) in [6.07, 6.45) is 9.48. The Bertz CT molecular complexity index is 537. The topological polar surface area (TPSA) is 38.3 Å². The molecular formula is C16H17F2NO2. The average molecular weight is 293 g/mol. The molecule has 1 saturated carbocycles. The Morgan fingerprint density at radius 2 is 1.95 bits per heavy atom. The Balaban J connectivity index is 2.02. The Labute approximate surface area is 122 Å². The first-order valence-electron chi connectivity index (χ1n) is 6.95. The van der Waals surface area contributed by atoms with Gasteiger partial charge in [0.25, 0.3) is 5.91 Å². The third-order valence-corrected chi connectivity index (χ3v) is 3.59. The van der Waals surface area contributed by atoms with Gasteiger partial charge in [0.2, 0.25) is 0 Å². The van der Waals surface area contributed by atoms with Crippen LogP contribution < -0.4 is 10.1 Å². The lowest BCUT2D eigenvalue weighted by atomic mass is 10.1. The summed E-state index contributed by atoms with van der Waals surface area (Å²) in [5.74, 6) is -0.322. The third kappa shape index (κ3) is 3.94. The van der Waals surface area contributed by atoms with Crippen LogP contribution in [0.1, 0.15) is 36.0 Å². The fourth-order valence-corrected chi connectivity index (χ4v) is 2.50. The summed E-state index contributed by atoms with van der Waals surface area (Å²) in [7, 11) is 0. The molecule has 1 N–H and O–H groups in total. The molecule has 0 aromatic heterocycles. The van der Waals surface area contributed by atoms with Crippen molar-refractivity contribution in [3.05, 3.63) is 29.3 Å². The number of amides is 1. The predicted molar refractivity (Wildman–Crippen MR) is 75.0 cm³/mol. The largest absolute Gasteiger partial charge is 0.475 e. The number of terminal acetylenes is 1. The first kappa shape index (κ1) is 15.3. The van der Waals surface area contributed by atoms with Crippen molar-refractivity contribution in [3.63, 3.8) is 0 Å². The molecule has 0 radical (unpaired) electrons. The summed E-state index contributed by atoms with van der Waals surface area (Å²) < 4.78 is 32.2. The van der Waals surface area contributed by atoms with Crippen LogP contribution in [0.25, 0.3) is 0 Å². The average Bonchev–Trinajstić information content (AvgIpc) is 2.97. The molecule has 0 saturated heterocycles. The Morgan fingerprint density at radius 1 is 1.33 bits per heavy atom. The predicted octanol–water partition coefficient (Wildman–Crippen LogP) is 2.90. The Kier molecular flexibility index (Phi) is 5.15. The highest BCUT2D eigenvalue weighted by molar-refractivity contribution is 5.94. The molecule has 0 unspecified atom stereocenters. The van der Waals surface area contributed by atoms with Crippen LogP contribution in [0.4, 0.5) is 8.78 Å². The second kappa shape index (κ2) is 7.07. The van der Waals surface area contributed by atoms with Crippen molar-refractivity contribution in [2.45, 2.75) is 25.7 Å². The van der Waals surface area contributed by atoms with Gasteiger partial charge in [0.05, 0.1) is 0 Å². The van der Waals surface area contributed by atoms with Gasteiger partial charge in [0.1, 0.15) is 6.61 Å². The van der Waals surface area contributed by atoms with Gasteiger partial charge in [-0.3, -0.25) is 4.79 Å². The smallest absolute Gasteiger partial charge is 0.251 e. The van der Waals surface area contributed by atoms with Crippen molar-refractivity contribution in [1.29, 1.82) is 0 Å². The van der Waals surface area contributed by atoms with Gasteiger partial charge in [-0.25, -0.2) is 8.78 Å². The van der Waals surface area contributed by atoms with E-state index in [1.807, 2.05) is 0 Å². The maximum absolute atomic E-state index is 13.7. The fraction of sp³-hybridized carbons (Fsp3) is 0.438. The molecule has 1 aliphatic carbocycles. The maximum Gasteiger partial charge on any atom is 0.251 e. The number of benzene rings is 1. The second-order valence-electron chi connectivity index (χ2n) is 5.12. The van der Waals surface area contributed by atoms with Crippen molar-refractivity contribution >= 4 is 5.91 Å². The van der Waals surface area contributed by atoms with E-state index < -0.39 is 23.3 Å². The molecule has 2 rings (SSSR count). The summed E-state index contributed by atoms with van der Waals surface area (Å²) in [6.45, 7) is 0.304. The third-order valence-electron chi connectivity index (χ3n) is 3.59. The second-order valence-corrected chi connectivity index (χ2v) is 5.12. The van der Waals surface area contributed by atoms with Crippen LogP contribution >= 0.6 is 0 Å². The highest BCUT2D eigenvalue weighted by Crippen LogP contribution is 2.25. The number of ether oxygens (including phenoxy) is 1. The molecular weight excluding hydrogens is 276 g/mol. The first-order chi connectivity index (χ1) is 10.1. The van der Waals surface area contributed by atoms with Crippen LogP contribution in [0.2, 0.25) is 0 Å². The van der Waals surface area contributed by atoms with Gasteiger partial charge in [-0.05, 0) is 30.9 Å². The van der Waals surface area contributed by atoms with Gasteiger partial charge in [0.15, 0.2) is 17.4 Å². The lowest BCUT2D eigenvalue weighted by Gasteiger charge is -2.12. The summed E-state index contributed by atoms with van der Waals surface area (Å²) in [6, 6.07) is 1.91. The molecule has 0 bridgehead atoms. The van der Waals surface area contributed by atoms with E-state index in [0.717, 1.165) is 25.0 Å². The summed E-state index contributed by atoms with van der Waals surface area (Å²) in [4.78, 5) is 11.9. The maximum atomic E-state index is 13.7. The number of hydrogen-bond acceptors (Lipinski definition) is 2. The van der Waals surface area contributed by atoms with E-state index in [-0.39, 0.29) is 12.2 Å². The van der Waals surface area contributed by atoms with E-state index in [1.54, 1.807) is 0 Å². The number of carbonyl (C=O) groups excluding carboxylic acids is 1. The molecule has 0 aliphatic heterocycles. The number of rotatable bonds is 5. The van der Waals surface area contributed by atoms with Gasteiger partial charge in [0, 0.05) is 12.1 Å². The van der Waals surface area contributed by atoms with Crippen LogP contribution in [-0.4, -0.2) is 19.1 Å². The van der Waals surface area contributed by atoms with E-state index in [9.17, 15) is 13.6 Å². The van der Waals surface area contributed by atoms with Crippen LogP contribution in [-0.2, 0) is 0 Å². The van der Waals surface area contributed by atoms with Gasteiger partial charge < -0.3 is 10.1 Å². The molecule has 3 nitrogen and oxygen atoms in total. The van der Waals surface area contributed by atoms with Crippen molar-refractivity contribution in [2.24, 2.45) is 5.92 Å². The molecule has 0 atom stereocenters. The molecule has 1 aromatic carbocycles. The summed E-state index contributed by atoms with van der Waals surface area (Å²) >= 11 is 0. The normalized spacial score (nSPS) is 14.7. The Hall–Kier alpha value is -2.09. The Morgan fingerprint density at radius 3 is 2.52 bits per heavy atom. The highest BCUT2D eigenvalue weighted by atomic mass is 19.1. The van der Waals surface area contributed by atoms with Crippen LogP contribution in [0, 0.1) is 29.9 Å². The van der Waals surface area contributed by atoms with Crippen LogP contribution in [0.3, 0.4) is 0 Å². The lowest BCUT2D eigenvalue weighted by molar-refractivity contribution is 0.0946. The first-order valence-corrected chi connectivity index (χ1v) is 6.95. The van der Waals surface area contributed by atoms with Crippen LogP contribution in [0.15, 0.2) is 12.1 Å². The number of halogens is 2. The molecule has 1 amide bonds. The van der Waals surface area contributed by atoms with E-state index in [2.05, 4.69) is 11.2 Å². The zero-order chi connectivity index (χ0) is 15.2. The molecule has 112 valence electrons. The molecule has 0 spiro atoms. The van der Waals surface area contributed by atoms with Gasteiger partial charge in [-0.1, -0.05) is 18.8 Å². The minimum Gasteiger partial charge on any atom is -0.475 e. The minimum atomic E-state index is -0.934. The number of carbonyl (C=O) groups is 1. The van der Waals surface area contributed by atoms with E-state index in [4.69, 9.17) is 11.2 Å². The molecule has 1 fully saturated rings. The zero-order valence-corrected chi connectivity index (χ0v) is 11.6. The van der Waals surface area contributed by atoms with Gasteiger partial charge in [-0.2, -0.15) is 0 Å². The fourth-order valence-electron chi connectivity index (χ4n) is 2.50. The number of hydrogen-bond donors (Lipinski definition) is 1. The molecule has 21 heavy (non-hydrogen) atoms. The van der Waals surface area contributed by atoms with Crippen molar-refractivity contribution in [1.82, 2.24) is 5.32 Å². The minimum absolute atomic E-state index is 0.0592. The zero-order valence-electron chi connectivity index (χ0n) is 11.6. The summed E-state index contributed by atoms with van der Waals surface area (Å²) in [5, 5.41) is 2.71. The van der Waals surface area contributed by atoms with Crippen molar-refractivity contribution in [3.8, 4) is 18.1 Å². The summed E-state index contributed by atoms with van der Waals surface area (Å²) in [5.41, 5.74) is -0.0592. The SMILES string of the molecule is C#CCOc1c(F)cc(C(=O)NCC2CCCC2)cc1F. The van der Waals surface area contributed by atoms with Gasteiger partial charge >= 0.3 is 0 Å². The van der Waals surface area contributed by atoms with Crippen molar-refractivity contribution in [2.75, 3.05) is 13.2 Å². The van der Waals surface area contributed by atoms with E-state index >= 15 is 0 Å². The van der Waals surface area contributed by atoms with E-state index in [1.165, 1.54) is 12.8 Å². The van der Waals surface area contributed by atoms with Crippen molar-refractivity contribution < 1.29 is 18.3 Å². The van der Waals surface area contributed by atoms with Crippen LogP contribution in [0.5, 0.6) is 5.75 Å². The molecule has 1 aromatic rings. The van der Waals surface area contributed by atoms with E-state index in [0.29, 0.717) is 12.5 Å². The number of nitrogens with one attached hydrogen (secondary N) is 1. The quantitative estimate of drug-likeness (QED) is 0.848. The molecule has 1 aliphatic rings. The highest BCUT2D eigenvalue weighted by Gasteiger charge is 2.19.